The lowest BCUT2D eigenvalue weighted by Crippen LogP contribution is -2.01. The van der Waals surface area contributed by atoms with Crippen molar-refractivity contribution in [3.8, 4) is 5.75 Å². The molecule has 0 aliphatic heterocycles. The van der Waals surface area contributed by atoms with Gasteiger partial charge in [-0.15, -0.1) is 23.1 Å². The molecule has 0 fully saturated rings. The Hall–Kier alpha value is -1.05. The Bertz CT molecular complexity index is 740. The summed E-state index contributed by atoms with van der Waals surface area (Å²) in [5, 5.41) is 10.6. The van der Waals surface area contributed by atoms with Crippen LogP contribution in [-0.2, 0) is 0 Å². The number of H-pyrrole nitrogens is 1. The molecule has 0 atom stereocenters. The lowest BCUT2D eigenvalue weighted by molar-refractivity contribution is 0.481. The molecule has 4 nitrogen and oxygen atoms in total. The van der Waals surface area contributed by atoms with E-state index in [1.165, 1.54) is 28.9 Å². The third kappa shape index (κ3) is 1.28. The summed E-state index contributed by atoms with van der Waals surface area (Å²) in [7, 11) is 0. The molecular weight excluding hydrogens is 264 g/mol. The first kappa shape index (κ1) is 10.1. The smallest absolute Gasteiger partial charge is 0.252 e. The minimum absolute atomic E-state index is 0.0267. The second kappa shape index (κ2) is 3.47. The third-order valence-corrected chi connectivity index (χ3v) is 5.40. The Morgan fingerprint density at radius 1 is 1.56 bits per heavy atom. The first-order valence-electron chi connectivity index (χ1n) is 4.39. The number of aromatic nitrogens is 2. The zero-order valence-electron chi connectivity index (χ0n) is 8.10. The van der Waals surface area contributed by atoms with Crippen molar-refractivity contribution in [2.75, 3.05) is 6.26 Å². The van der Waals surface area contributed by atoms with Gasteiger partial charge in [-0.3, -0.25) is 4.79 Å². The molecule has 0 spiro atoms. The average Bonchev–Trinajstić information content (AvgIpc) is 2.77. The molecule has 0 saturated carbocycles. The number of fused-ring (bicyclic) bond motifs is 3. The Labute approximate surface area is 102 Å². The van der Waals surface area contributed by atoms with E-state index in [4.69, 9.17) is 0 Å². The molecule has 2 N–H and O–H groups in total. The maximum atomic E-state index is 11.3. The Kier molecular flexibility index (Phi) is 2.20. The van der Waals surface area contributed by atoms with Crippen LogP contribution in [0.1, 0.15) is 0 Å². The van der Waals surface area contributed by atoms with Crippen molar-refractivity contribution in [1.29, 1.82) is 0 Å². The Balaban J connectivity index is 2.59. The molecule has 0 aliphatic rings. The lowest BCUT2D eigenvalue weighted by Gasteiger charge is -1.94. The van der Waals surface area contributed by atoms with E-state index in [0.717, 1.165) is 14.4 Å². The van der Waals surface area contributed by atoms with Gasteiger partial charge in [0.25, 0.3) is 5.56 Å². The fourth-order valence-corrected chi connectivity index (χ4v) is 4.26. The van der Waals surface area contributed by atoms with Crippen molar-refractivity contribution in [1.82, 2.24) is 9.36 Å². The summed E-state index contributed by atoms with van der Waals surface area (Å²) in [6.07, 6.45) is 1.97. The molecule has 3 heterocycles. The van der Waals surface area contributed by atoms with E-state index in [2.05, 4.69) is 9.36 Å². The second-order valence-electron chi connectivity index (χ2n) is 3.18. The van der Waals surface area contributed by atoms with Crippen molar-refractivity contribution in [3.05, 3.63) is 16.4 Å². The number of aromatic amines is 1. The van der Waals surface area contributed by atoms with Gasteiger partial charge >= 0.3 is 0 Å². The van der Waals surface area contributed by atoms with Crippen molar-refractivity contribution in [2.45, 2.75) is 4.21 Å². The first-order valence-corrected chi connectivity index (χ1v) is 7.20. The molecule has 16 heavy (non-hydrogen) atoms. The van der Waals surface area contributed by atoms with Crippen LogP contribution in [0.2, 0.25) is 0 Å². The highest BCUT2D eigenvalue weighted by molar-refractivity contribution is 8.00. The summed E-state index contributed by atoms with van der Waals surface area (Å²) >= 11 is 4.41. The maximum absolute atomic E-state index is 11.3. The highest BCUT2D eigenvalue weighted by Crippen LogP contribution is 2.42. The number of hydrogen-bond donors (Lipinski definition) is 2. The van der Waals surface area contributed by atoms with Crippen LogP contribution in [0.25, 0.3) is 20.4 Å². The van der Waals surface area contributed by atoms with E-state index < -0.39 is 0 Å². The molecule has 0 amide bonds. The minimum atomic E-state index is -0.289. The predicted octanol–water partition coefficient (Wildman–Crippen LogP) is 2.63. The fraction of sp³-hybridized carbons (Fsp3) is 0.111. The molecule has 82 valence electrons. The summed E-state index contributed by atoms with van der Waals surface area (Å²) in [4.78, 5) is 15.0. The summed E-state index contributed by atoms with van der Waals surface area (Å²) in [6, 6.07) is 1.19. The molecule has 3 aromatic rings. The molecule has 0 bridgehead atoms. The summed E-state index contributed by atoms with van der Waals surface area (Å²) in [5.74, 6) is 0.0267. The van der Waals surface area contributed by atoms with E-state index in [1.807, 2.05) is 6.26 Å². The molecule has 3 rings (SSSR count). The second-order valence-corrected chi connectivity index (χ2v) is 6.03. The number of nitrogens with one attached hydrogen (secondary N) is 1. The van der Waals surface area contributed by atoms with E-state index in [-0.39, 0.29) is 11.3 Å². The summed E-state index contributed by atoms with van der Waals surface area (Å²) < 4.78 is 6.06. The Morgan fingerprint density at radius 3 is 3.12 bits per heavy atom. The first-order chi connectivity index (χ1) is 7.70. The molecule has 0 radical (unpaired) electrons. The quantitative estimate of drug-likeness (QED) is 0.667. The van der Waals surface area contributed by atoms with Crippen molar-refractivity contribution < 1.29 is 5.11 Å². The van der Waals surface area contributed by atoms with Gasteiger partial charge < -0.3 is 10.1 Å². The van der Waals surface area contributed by atoms with Crippen LogP contribution >= 0.6 is 34.6 Å². The SMILES string of the molecule is CSc1snc2sc3c(O)cc(=O)[nH]c3c12. The Morgan fingerprint density at radius 2 is 2.38 bits per heavy atom. The number of aromatic hydroxyl groups is 1. The van der Waals surface area contributed by atoms with Gasteiger partial charge in [-0.2, -0.15) is 4.37 Å². The number of thioether (sulfide) groups is 1. The minimum Gasteiger partial charge on any atom is -0.506 e. The van der Waals surface area contributed by atoms with E-state index >= 15 is 0 Å². The molecule has 7 heteroatoms. The van der Waals surface area contributed by atoms with Gasteiger partial charge in [0.05, 0.1) is 19.8 Å². The van der Waals surface area contributed by atoms with Crippen LogP contribution in [0.4, 0.5) is 0 Å². The van der Waals surface area contributed by atoms with Crippen LogP contribution in [0.15, 0.2) is 15.1 Å². The van der Waals surface area contributed by atoms with Crippen LogP contribution in [0.5, 0.6) is 5.75 Å². The van der Waals surface area contributed by atoms with Crippen LogP contribution in [-0.4, -0.2) is 20.7 Å². The summed E-state index contributed by atoms with van der Waals surface area (Å²) in [5.41, 5.74) is 0.408. The zero-order chi connectivity index (χ0) is 11.3. The molecule has 0 unspecified atom stereocenters. The van der Waals surface area contributed by atoms with Gasteiger partial charge in [-0.1, -0.05) is 0 Å². The zero-order valence-corrected chi connectivity index (χ0v) is 10.6. The number of thiophene rings is 1. The molecule has 0 aliphatic carbocycles. The summed E-state index contributed by atoms with van der Waals surface area (Å²) in [6.45, 7) is 0. The van der Waals surface area contributed by atoms with E-state index in [9.17, 15) is 9.90 Å². The topological polar surface area (TPSA) is 66.0 Å². The van der Waals surface area contributed by atoms with Gasteiger partial charge in [-0.25, -0.2) is 0 Å². The molecular formula is C9H6N2O2S3. The van der Waals surface area contributed by atoms with Gasteiger partial charge in [0.1, 0.15) is 10.6 Å². The fourth-order valence-electron chi connectivity index (χ4n) is 1.59. The molecule has 0 aromatic carbocycles. The predicted molar refractivity (Wildman–Crippen MR) is 69.1 cm³/mol. The number of nitrogens with zero attached hydrogens (tertiary/aromatic N) is 1. The largest absolute Gasteiger partial charge is 0.506 e. The third-order valence-electron chi connectivity index (χ3n) is 2.24. The lowest BCUT2D eigenvalue weighted by atomic mass is 10.3. The maximum Gasteiger partial charge on any atom is 0.252 e. The van der Waals surface area contributed by atoms with Gasteiger partial charge in [0.2, 0.25) is 0 Å². The van der Waals surface area contributed by atoms with Crippen LogP contribution in [0, 0.1) is 0 Å². The molecule has 0 saturated heterocycles. The molecule has 3 aromatic heterocycles. The highest BCUT2D eigenvalue weighted by Gasteiger charge is 2.16. The number of rotatable bonds is 1. The van der Waals surface area contributed by atoms with E-state index in [0.29, 0.717) is 10.2 Å². The normalized spacial score (nSPS) is 11.6. The van der Waals surface area contributed by atoms with Crippen molar-refractivity contribution >= 4 is 55.1 Å². The van der Waals surface area contributed by atoms with Gasteiger partial charge in [0, 0.05) is 6.07 Å². The van der Waals surface area contributed by atoms with Crippen LogP contribution < -0.4 is 5.56 Å². The standard InChI is InChI=1S/C9H6N2O2S3/c1-14-9-5-6-7(15-8(5)11-16-9)3(12)2-4(13)10-6/h2H,1H3,(H2,10,12,13). The van der Waals surface area contributed by atoms with Crippen molar-refractivity contribution in [2.24, 2.45) is 0 Å². The van der Waals surface area contributed by atoms with Gasteiger partial charge in [-0.05, 0) is 17.8 Å². The van der Waals surface area contributed by atoms with E-state index in [1.54, 1.807) is 11.8 Å². The van der Waals surface area contributed by atoms with Crippen molar-refractivity contribution in [3.63, 3.8) is 0 Å². The highest BCUT2D eigenvalue weighted by atomic mass is 32.2. The van der Waals surface area contributed by atoms with Crippen LogP contribution in [0.3, 0.4) is 0 Å². The average molecular weight is 270 g/mol. The van der Waals surface area contributed by atoms with Gasteiger partial charge in [0.15, 0.2) is 0 Å². The number of pyridine rings is 1. The monoisotopic (exact) mass is 270 g/mol. The number of hydrogen-bond acceptors (Lipinski definition) is 6.